The molecule has 2 aliphatic heterocycles. The Kier molecular flexibility index (Phi) is 5.76. The summed E-state index contributed by atoms with van der Waals surface area (Å²) in [5, 5.41) is 49.2. The van der Waals surface area contributed by atoms with Gasteiger partial charge in [0.25, 0.3) is 0 Å². The molecule has 1 aromatic rings. The van der Waals surface area contributed by atoms with Crippen molar-refractivity contribution in [1.29, 1.82) is 0 Å². The Labute approximate surface area is 150 Å². The van der Waals surface area contributed by atoms with E-state index in [0.717, 1.165) is 5.56 Å². The highest BCUT2D eigenvalue weighted by Crippen LogP contribution is 2.30. The van der Waals surface area contributed by atoms with Crippen LogP contribution in [0.4, 0.5) is 4.79 Å². The molecule has 2 aliphatic rings. The SMILES string of the molecule is O=C(OCc1ccccc1)N1C[C@H](O)C[C@@H]1[C@H]1O[C@H](O)[C@H](O)[C@@H](O)[C@H]1O. The summed E-state index contributed by atoms with van der Waals surface area (Å²) in [6.07, 6.45) is -9.20. The molecular weight excluding hydrogens is 346 g/mol. The number of amides is 1. The largest absolute Gasteiger partial charge is 0.445 e. The van der Waals surface area contributed by atoms with E-state index >= 15 is 0 Å². The molecule has 0 bridgehead atoms. The zero-order valence-corrected chi connectivity index (χ0v) is 14.0. The van der Waals surface area contributed by atoms with Crippen molar-refractivity contribution in [2.75, 3.05) is 6.54 Å². The molecule has 2 fully saturated rings. The number of aliphatic hydroxyl groups excluding tert-OH is 5. The van der Waals surface area contributed by atoms with E-state index in [2.05, 4.69) is 0 Å². The van der Waals surface area contributed by atoms with Crippen molar-refractivity contribution in [2.45, 2.75) is 55.9 Å². The Balaban J connectivity index is 1.69. The van der Waals surface area contributed by atoms with Gasteiger partial charge in [-0.05, 0) is 12.0 Å². The second-order valence-corrected chi connectivity index (χ2v) is 6.61. The number of aliphatic hydroxyl groups is 5. The number of likely N-dealkylation sites (tertiary alicyclic amines) is 1. The summed E-state index contributed by atoms with van der Waals surface area (Å²) in [7, 11) is 0. The fraction of sp³-hybridized carbons (Fsp3) is 0.588. The van der Waals surface area contributed by atoms with Crippen LogP contribution in [0.1, 0.15) is 12.0 Å². The van der Waals surface area contributed by atoms with E-state index in [0.29, 0.717) is 0 Å². The highest BCUT2D eigenvalue weighted by molar-refractivity contribution is 5.68. The van der Waals surface area contributed by atoms with E-state index in [1.807, 2.05) is 18.2 Å². The molecule has 9 nitrogen and oxygen atoms in total. The number of carbonyl (C=O) groups is 1. The monoisotopic (exact) mass is 369 g/mol. The minimum Gasteiger partial charge on any atom is -0.445 e. The van der Waals surface area contributed by atoms with Crippen molar-refractivity contribution < 1.29 is 39.8 Å². The Morgan fingerprint density at radius 3 is 2.46 bits per heavy atom. The maximum Gasteiger partial charge on any atom is 0.410 e. The lowest BCUT2D eigenvalue weighted by molar-refractivity contribution is -0.289. The molecule has 0 unspecified atom stereocenters. The van der Waals surface area contributed by atoms with Gasteiger partial charge in [0, 0.05) is 0 Å². The van der Waals surface area contributed by atoms with Crippen molar-refractivity contribution in [3.05, 3.63) is 35.9 Å². The Morgan fingerprint density at radius 2 is 1.77 bits per heavy atom. The summed E-state index contributed by atoms with van der Waals surface area (Å²) in [6, 6.07) is 8.24. The summed E-state index contributed by atoms with van der Waals surface area (Å²) in [4.78, 5) is 13.6. The van der Waals surface area contributed by atoms with Crippen molar-refractivity contribution in [3.8, 4) is 0 Å². The van der Waals surface area contributed by atoms with Crippen LogP contribution in [0.3, 0.4) is 0 Å². The van der Waals surface area contributed by atoms with Crippen molar-refractivity contribution >= 4 is 6.09 Å². The molecule has 1 amide bonds. The Morgan fingerprint density at radius 1 is 1.08 bits per heavy atom. The zero-order chi connectivity index (χ0) is 18.8. The second-order valence-electron chi connectivity index (χ2n) is 6.61. The molecule has 2 heterocycles. The summed E-state index contributed by atoms with van der Waals surface area (Å²) in [5.41, 5.74) is 0.792. The van der Waals surface area contributed by atoms with Gasteiger partial charge in [-0.1, -0.05) is 30.3 Å². The predicted octanol–water partition coefficient (Wildman–Crippen LogP) is -1.44. The third-order valence-corrected chi connectivity index (χ3v) is 4.77. The van der Waals surface area contributed by atoms with E-state index in [1.165, 1.54) is 4.90 Å². The first-order chi connectivity index (χ1) is 12.4. The van der Waals surface area contributed by atoms with Gasteiger partial charge in [0.15, 0.2) is 6.29 Å². The minimum atomic E-state index is -1.71. The van der Waals surface area contributed by atoms with Gasteiger partial charge in [-0.25, -0.2) is 4.79 Å². The number of β-amino-alcohol motifs (C(OH)–C–C–N with tert-alkyl or cyclic N) is 1. The van der Waals surface area contributed by atoms with Crippen molar-refractivity contribution in [1.82, 2.24) is 4.90 Å². The number of ether oxygens (including phenoxy) is 2. The van der Waals surface area contributed by atoms with Crippen LogP contribution in [0.5, 0.6) is 0 Å². The molecule has 26 heavy (non-hydrogen) atoms. The normalized spacial score (nSPS) is 37.6. The van der Waals surface area contributed by atoms with Gasteiger partial charge in [0.1, 0.15) is 31.0 Å². The number of hydrogen-bond donors (Lipinski definition) is 5. The van der Waals surface area contributed by atoms with E-state index < -0.39 is 48.9 Å². The first kappa shape index (κ1) is 19.0. The first-order valence-corrected chi connectivity index (χ1v) is 8.41. The first-order valence-electron chi connectivity index (χ1n) is 8.41. The minimum absolute atomic E-state index is 0.0282. The number of nitrogens with zero attached hydrogens (tertiary/aromatic N) is 1. The van der Waals surface area contributed by atoms with Gasteiger partial charge < -0.3 is 35.0 Å². The number of carbonyl (C=O) groups excluding carboxylic acids is 1. The van der Waals surface area contributed by atoms with Crippen LogP contribution in [0.25, 0.3) is 0 Å². The molecular formula is C17H23NO8. The molecule has 3 rings (SSSR count). The van der Waals surface area contributed by atoms with Gasteiger partial charge in [-0.3, -0.25) is 4.90 Å². The van der Waals surface area contributed by atoms with Crippen LogP contribution < -0.4 is 0 Å². The van der Waals surface area contributed by atoms with E-state index in [4.69, 9.17) is 9.47 Å². The van der Waals surface area contributed by atoms with Gasteiger partial charge in [-0.15, -0.1) is 0 Å². The third kappa shape index (κ3) is 3.83. The smallest absolute Gasteiger partial charge is 0.410 e. The third-order valence-electron chi connectivity index (χ3n) is 4.77. The summed E-state index contributed by atoms with van der Waals surface area (Å²) < 4.78 is 10.4. The lowest BCUT2D eigenvalue weighted by atomic mass is 9.92. The van der Waals surface area contributed by atoms with Gasteiger partial charge >= 0.3 is 6.09 Å². The molecule has 0 aliphatic carbocycles. The molecule has 5 N–H and O–H groups in total. The summed E-state index contributed by atoms with van der Waals surface area (Å²) >= 11 is 0. The van der Waals surface area contributed by atoms with Crippen LogP contribution in [0.2, 0.25) is 0 Å². The van der Waals surface area contributed by atoms with Gasteiger partial charge in [0.2, 0.25) is 0 Å². The molecule has 0 aromatic heterocycles. The highest BCUT2D eigenvalue weighted by Gasteiger charge is 2.51. The molecule has 0 radical (unpaired) electrons. The predicted molar refractivity (Wildman–Crippen MR) is 86.6 cm³/mol. The molecule has 9 heteroatoms. The summed E-state index contributed by atoms with van der Waals surface area (Å²) in [6.45, 7) is 0.0106. The molecule has 2 saturated heterocycles. The number of rotatable bonds is 3. The van der Waals surface area contributed by atoms with Gasteiger partial charge in [0.05, 0.1) is 18.7 Å². The highest BCUT2D eigenvalue weighted by atomic mass is 16.6. The second kappa shape index (κ2) is 7.87. The maximum atomic E-state index is 12.4. The fourth-order valence-electron chi connectivity index (χ4n) is 3.37. The Hall–Kier alpha value is -1.75. The van der Waals surface area contributed by atoms with E-state index in [9.17, 15) is 30.3 Å². The van der Waals surface area contributed by atoms with Crippen LogP contribution in [0, 0.1) is 0 Å². The lowest BCUT2D eigenvalue weighted by Crippen LogP contribution is -2.62. The molecule has 1 aromatic carbocycles. The standard InChI is InChI=1S/C17H23NO8/c19-10-6-11(15-13(21)12(20)14(22)16(23)26-15)18(7-10)17(24)25-8-9-4-2-1-3-5-9/h1-5,10-16,19-23H,6-8H2/t10-,11-,12+,13-,14-,15-,16+/m1/s1. The number of hydrogen-bond acceptors (Lipinski definition) is 8. The Bertz CT molecular complexity index is 614. The lowest BCUT2D eigenvalue weighted by Gasteiger charge is -2.42. The number of benzene rings is 1. The molecule has 0 saturated carbocycles. The van der Waals surface area contributed by atoms with Crippen LogP contribution in [0.15, 0.2) is 30.3 Å². The average molecular weight is 369 g/mol. The summed E-state index contributed by atoms with van der Waals surface area (Å²) in [5.74, 6) is 0. The van der Waals surface area contributed by atoms with Gasteiger partial charge in [-0.2, -0.15) is 0 Å². The van der Waals surface area contributed by atoms with Crippen LogP contribution in [-0.4, -0.2) is 85.9 Å². The van der Waals surface area contributed by atoms with Crippen LogP contribution in [-0.2, 0) is 16.1 Å². The molecule has 144 valence electrons. The topological polar surface area (TPSA) is 140 Å². The molecule has 7 atom stereocenters. The van der Waals surface area contributed by atoms with Crippen molar-refractivity contribution in [3.63, 3.8) is 0 Å². The van der Waals surface area contributed by atoms with Crippen molar-refractivity contribution in [2.24, 2.45) is 0 Å². The van der Waals surface area contributed by atoms with E-state index in [-0.39, 0.29) is 19.6 Å². The van der Waals surface area contributed by atoms with Crippen LogP contribution >= 0.6 is 0 Å². The zero-order valence-electron chi connectivity index (χ0n) is 14.0. The molecule has 0 spiro atoms. The fourth-order valence-corrected chi connectivity index (χ4v) is 3.37. The quantitative estimate of drug-likeness (QED) is 0.436. The van der Waals surface area contributed by atoms with E-state index in [1.54, 1.807) is 12.1 Å². The maximum absolute atomic E-state index is 12.4. The average Bonchev–Trinajstić information content (AvgIpc) is 3.03.